The number of benzene rings is 2. The van der Waals surface area contributed by atoms with Crippen molar-refractivity contribution < 1.29 is 12.8 Å². The fraction of sp³-hybridized carbons (Fsp3) is 0.400. The summed E-state index contributed by atoms with van der Waals surface area (Å²) < 4.78 is 43.5. The predicted octanol–water partition coefficient (Wildman–Crippen LogP) is 4.61. The second kappa shape index (κ2) is 8.03. The molecular formula is C25H29FN2O3S. The molecule has 0 amide bonds. The van der Waals surface area contributed by atoms with E-state index in [2.05, 4.69) is 13.8 Å². The number of fused-ring (bicyclic) bond motifs is 1. The van der Waals surface area contributed by atoms with Crippen LogP contribution in [0.1, 0.15) is 31.4 Å². The molecule has 0 N–H and O–H groups in total. The Balaban J connectivity index is 1.88. The van der Waals surface area contributed by atoms with Crippen LogP contribution in [0.5, 0.6) is 0 Å². The monoisotopic (exact) mass is 456 g/mol. The highest BCUT2D eigenvalue weighted by Gasteiger charge is 2.28. The van der Waals surface area contributed by atoms with Gasteiger partial charge in [-0.3, -0.25) is 4.79 Å². The van der Waals surface area contributed by atoms with Gasteiger partial charge in [0.1, 0.15) is 10.7 Å². The Hall–Kier alpha value is -2.67. The summed E-state index contributed by atoms with van der Waals surface area (Å²) >= 11 is 0. The van der Waals surface area contributed by atoms with Crippen molar-refractivity contribution in [3.8, 4) is 0 Å². The first-order chi connectivity index (χ1) is 15.0. The number of sulfone groups is 1. The van der Waals surface area contributed by atoms with Crippen LogP contribution in [0.3, 0.4) is 0 Å². The number of nitrogens with zero attached hydrogens (tertiary/aromatic N) is 2. The Morgan fingerprint density at radius 3 is 2.28 bits per heavy atom. The van der Waals surface area contributed by atoms with E-state index in [1.54, 1.807) is 36.7 Å². The number of piperidine rings is 1. The summed E-state index contributed by atoms with van der Waals surface area (Å²) in [7, 11) is -2.37. The highest BCUT2D eigenvalue weighted by atomic mass is 32.2. The molecule has 1 fully saturated rings. The first kappa shape index (κ1) is 22.5. The molecule has 1 aliphatic rings. The van der Waals surface area contributed by atoms with Crippen molar-refractivity contribution in [1.29, 1.82) is 0 Å². The van der Waals surface area contributed by atoms with Crippen molar-refractivity contribution in [3.05, 3.63) is 63.7 Å². The molecule has 4 rings (SSSR count). The molecule has 0 saturated carbocycles. The Morgan fingerprint density at radius 2 is 1.66 bits per heavy atom. The van der Waals surface area contributed by atoms with Gasteiger partial charge < -0.3 is 9.47 Å². The zero-order valence-electron chi connectivity index (χ0n) is 19.1. The number of pyridine rings is 1. The summed E-state index contributed by atoms with van der Waals surface area (Å²) in [6.07, 6.45) is 2.45. The van der Waals surface area contributed by atoms with Crippen molar-refractivity contribution in [3.63, 3.8) is 0 Å². The van der Waals surface area contributed by atoms with E-state index in [4.69, 9.17) is 0 Å². The topological polar surface area (TPSA) is 59.4 Å². The lowest BCUT2D eigenvalue weighted by molar-refractivity contribution is 0.354. The Labute approximate surface area is 188 Å². The average Bonchev–Trinajstić information content (AvgIpc) is 2.69. The number of hydrogen-bond acceptors (Lipinski definition) is 4. The van der Waals surface area contributed by atoms with Crippen LogP contribution in [0.25, 0.3) is 10.9 Å². The number of aromatic nitrogens is 1. The minimum atomic E-state index is -4.06. The first-order valence-electron chi connectivity index (χ1n) is 10.9. The van der Waals surface area contributed by atoms with Crippen LogP contribution in [-0.2, 0) is 16.9 Å². The van der Waals surface area contributed by atoms with Gasteiger partial charge in [0.15, 0.2) is 0 Å². The molecule has 2 unspecified atom stereocenters. The van der Waals surface area contributed by atoms with Crippen molar-refractivity contribution in [2.45, 2.75) is 43.9 Å². The number of halogens is 1. The third-order valence-corrected chi connectivity index (χ3v) is 8.25. The fourth-order valence-corrected chi connectivity index (χ4v) is 6.59. The second-order valence-electron chi connectivity index (χ2n) is 9.38. The SMILES string of the molecule is Cc1ccc(S(=O)(=O)c2cn(C)c3cc(N4CC(C)CC(C)C4)c(F)cc3c2=O)c(C)c1. The molecule has 5 nitrogen and oxygen atoms in total. The Kier molecular flexibility index (Phi) is 5.65. The fourth-order valence-electron chi connectivity index (χ4n) is 4.97. The lowest BCUT2D eigenvalue weighted by Gasteiger charge is -2.36. The lowest BCUT2D eigenvalue weighted by Crippen LogP contribution is -2.39. The number of rotatable bonds is 3. The van der Waals surface area contributed by atoms with E-state index < -0.39 is 21.1 Å². The molecule has 0 spiro atoms. The van der Waals surface area contributed by atoms with E-state index in [1.807, 2.05) is 11.8 Å². The van der Waals surface area contributed by atoms with Gasteiger partial charge in [0.2, 0.25) is 15.3 Å². The van der Waals surface area contributed by atoms with Gasteiger partial charge in [-0.05, 0) is 55.9 Å². The summed E-state index contributed by atoms with van der Waals surface area (Å²) in [5.41, 5.74) is 1.79. The number of hydrogen-bond donors (Lipinski definition) is 0. The van der Waals surface area contributed by atoms with Crippen LogP contribution >= 0.6 is 0 Å². The van der Waals surface area contributed by atoms with Crippen LogP contribution in [0.15, 0.2) is 51.1 Å². The third kappa shape index (κ3) is 3.83. The normalized spacial score (nSPS) is 19.5. The molecule has 0 bridgehead atoms. The zero-order chi connectivity index (χ0) is 23.4. The molecule has 2 atom stereocenters. The van der Waals surface area contributed by atoms with Crippen LogP contribution in [-0.4, -0.2) is 26.1 Å². The molecule has 3 aromatic rings. The first-order valence-corrected chi connectivity index (χ1v) is 12.4. The maximum absolute atomic E-state index is 15.2. The van der Waals surface area contributed by atoms with Crippen LogP contribution < -0.4 is 10.3 Å². The summed E-state index contributed by atoms with van der Waals surface area (Å²) in [6, 6.07) is 7.86. The summed E-state index contributed by atoms with van der Waals surface area (Å²) in [5.74, 6) is 0.392. The highest BCUT2D eigenvalue weighted by molar-refractivity contribution is 7.91. The van der Waals surface area contributed by atoms with Gasteiger partial charge in [-0.1, -0.05) is 31.5 Å². The summed E-state index contributed by atoms with van der Waals surface area (Å²) in [6.45, 7) is 9.39. The lowest BCUT2D eigenvalue weighted by atomic mass is 9.91. The smallest absolute Gasteiger partial charge is 0.212 e. The predicted molar refractivity (Wildman–Crippen MR) is 126 cm³/mol. The Bertz CT molecular complexity index is 1370. The van der Waals surface area contributed by atoms with Gasteiger partial charge in [0.05, 0.1) is 21.5 Å². The van der Waals surface area contributed by atoms with Crippen LogP contribution in [0.2, 0.25) is 0 Å². The number of aryl methyl sites for hydroxylation is 3. The van der Waals surface area contributed by atoms with E-state index >= 15 is 4.39 Å². The average molecular weight is 457 g/mol. The molecule has 7 heteroatoms. The van der Waals surface area contributed by atoms with Gasteiger partial charge in [-0.2, -0.15) is 0 Å². The van der Waals surface area contributed by atoms with E-state index in [9.17, 15) is 13.2 Å². The summed E-state index contributed by atoms with van der Waals surface area (Å²) in [4.78, 5) is 15.0. The van der Waals surface area contributed by atoms with E-state index in [1.165, 1.54) is 18.3 Å². The van der Waals surface area contributed by atoms with Crippen molar-refractivity contribution in [2.75, 3.05) is 18.0 Å². The maximum Gasteiger partial charge on any atom is 0.212 e. The quantitative estimate of drug-likeness (QED) is 0.578. The molecule has 32 heavy (non-hydrogen) atoms. The molecule has 2 aromatic carbocycles. The molecule has 1 saturated heterocycles. The molecule has 0 radical (unpaired) electrons. The van der Waals surface area contributed by atoms with E-state index in [0.717, 1.165) is 25.1 Å². The van der Waals surface area contributed by atoms with E-state index in [-0.39, 0.29) is 15.2 Å². The maximum atomic E-state index is 15.2. The molecule has 170 valence electrons. The minimum Gasteiger partial charge on any atom is -0.369 e. The summed E-state index contributed by atoms with van der Waals surface area (Å²) in [5, 5.41) is 0.0673. The van der Waals surface area contributed by atoms with Gasteiger partial charge in [0.25, 0.3) is 0 Å². The largest absolute Gasteiger partial charge is 0.369 e. The van der Waals surface area contributed by atoms with Gasteiger partial charge in [0, 0.05) is 26.3 Å². The molecule has 0 aliphatic carbocycles. The zero-order valence-corrected chi connectivity index (χ0v) is 20.0. The Morgan fingerprint density at radius 1 is 1.00 bits per heavy atom. The van der Waals surface area contributed by atoms with Gasteiger partial charge in [-0.15, -0.1) is 0 Å². The van der Waals surface area contributed by atoms with Crippen LogP contribution in [0, 0.1) is 31.5 Å². The van der Waals surface area contributed by atoms with Gasteiger partial charge in [-0.25, -0.2) is 12.8 Å². The molecular weight excluding hydrogens is 427 g/mol. The standard InChI is InChI=1S/C25H29FN2O3S/c1-15-6-7-23(18(4)9-15)32(30,31)24-14-27(5)21-11-22(20(26)10-19(21)25(24)29)28-12-16(2)8-17(3)13-28/h6-7,9-11,14,16-17H,8,12-13H2,1-5H3. The molecule has 1 aromatic heterocycles. The van der Waals surface area contributed by atoms with Gasteiger partial charge >= 0.3 is 0 Å². The third-order valence-electron chi connectivity index (χ3n) is 6.34. The van der Waals surface area contributed by atoms with Crippen molar-refractivity contribution in [2.24, 2.45) is 18.9 Å². The van der Waals surface area contributed by atoms with E-state index in [0.29, 0.717) is 28.6 Å². The number of anilines is 1. The van der Waals surface area contributed by atoms with Crippen LogP contribution in [0.4, 0.5) is 10.1 Å². The van der Waals surface area contributed by atoms with Crippen molar-refractivity contribution >= 4 is 26.4 Å². The minimum absolute atomic E-state index is 0.0673. The molecule has 1 aliphatic heterocycles. The molecule has 2 heterocycles. The second-order valence-corrected chi connectivity index (χ2v) is 11.3. The highest BCUT2D eigenvalue weighted by Crippen LogP contribution is 2.31. The van der Waals surface area contributed by atoms with Crippen molar-refractivity contribution in [1.82, 2.24) is 4.57 Å².